The molecule has 0 saturated carbocycles. The Morgan fingerprint density at radius 2 is 2.00 bits per heavy atom. The van der Waals surface area contributed by atoms with Gasteiger partial charge in [0.1, 0.15) is 0 Å². The lowest BCUT2D eigenvalue weighted by Gasteiger charge is -2.08. The van der Waals surface area contributed by atoms with Crippen LogP contribution in [0.1, 0.15) is 20.7 Å². The molecule has 4 N–H and O–H groups in total. The van der Waals surface area contributed by atoms with E-state index in [0.717, 1.165) is 0 Å². The van der Waals surface area contributed by atoms with E-state index in [9.17, 15) is 9.59 Å². The summed E-state index contributed by atoms with van der Waals surface area (Å²) in [4.78, 5) is 26.7. The molecule has 1 aromatic carbocycles. The Morgan fingerprint density at radius 1 is 1.25 bits per heavy atom. The fourth-order valence-electron chi connectivity index (χ4n) is 1.54. The Bertz CT molecular complexity index is 688. The summed E-state index contributed by atoms with van der Waals surface area (Å²) in [5, 5.41) is 11.4. The Hall–Kier alpha value is -2.41. The van der Waals surface area contributed by atoms with Crippen LogP contribution in [0, 0.1) is 0 Å². The highest BCUT2D eigenvalue weighted by Crippen LogP contribution is 2.21. The van der Waals surface area contributed by atoms with Gasteiger partial charge in [0, 0.05) is 16.4 Å². The number of carboxylic acids is 1. The molecule has 0 atom stereocenters. The fraction of sp³-hybridized carbons (Fsp3) is 0. The maximum atomic E-state index is 12.1. The molecule has 1 aromatic heterocycles. The number of carbonyl (C=O) groups excluding carboxylic acids is 1. The molecule has 0 bridgehead atoms. The number of aromatic carboxylic acids is 1. The van der Waals surface area contributed by atoms with E-state index in [0.29, 0.717) is 21.4 Å². The van der Waals surface area contributed by atoms with Crippen molar-refractivity contribution in [1.82, 2.24) is 4.98 Å². The third-order valence-electron chi connectivity index (χ3n) is 2.48. The number of halogens is 1. The molecule has 0 unspecified atom stereocenters. The minimum Gasteiger partial charge on any atom is -0.478 e. The Morgan fingerprint density at radius 3 is 2.70 bits per heavy atom. The summed E-state index contributed by atoms with van der Waals surface area (Å²) in [6.45, 7) is 0. The van der Waals surface area contributed by atoms with Gasteiger partial charge in [-0.25, -0.2) is 4.79 Å². The number of nitrogens with zero attached hydrogens (tertiary/aromatic N) is 1. The first kappa shape index (κ1) is 14.0. The number of hydrogen-bond acceptors (Lipinski definition) is 4. The van der Waals surface area contributed by atoms with Gasteiger partial charge in [0.25, 0.3) is 5.91 Å². The van der Waals surface area contributed by atoms with Gasteiger partial charge in [-0.05, 0) is 40.2 Å². The van der Waals surface area contributed by atoms with Crippen LogP contribution in [0.4, 0.5) is 11.4 Å². The summed E-state index contributed by atoms with van der Waals surface area (Å²) in [6, 6.07) is 6.17. The smallest absolute Gasteiger partial charge is 0.337 e. The number of aromatic nitrogens is 1. The molecule has 0 fully saturated rings. The zero-order chi connectivity index (χ0) is 14.7. The molecule has 2 aromatic rings. The number of benzene rings is 1. The van der Waals surface area contributed by atoms with Crippen LogP contribution in [0.5, 0.6) is 0 Å². The molecule has 0 saturated heterocycles. The summed E-state index contributed by atoms with van der Waals surface area (Å²) in [7, 11) is 0. The molecular weight excluding hydrogens is 326 g/mol. The number of hydrogen-bond donors (Lipinski definition) is 3. The van der Waals surface area contributed by atoms with Crippen molar-refractivity contribution in [3.8, 4) is 0 Å². The molecule has 7 heteroatoms. The van der Waals surface area contributed by atoms with Crippen molar-refractivity contribution >= 4 is 39.2 Å². The average Bonchev–Trinajstić information content (AvgIpc) is 2.41. The highest BCUT2D eigenvalue weighted by atomic mass is 79.9. The summed E-state index contributed by atoms with van der Waals surface area (Å²) in [5.41, 5.74) is 6.73. The number of carboxylic acid groups (broad SMARTS) is 1. The maximum absolute atomic E-state index is 12.1. The zero-order valence-corrected chi connectivity index (χ0v) is 11.7. The molecule has 0 spiro atoms. The van der Waals surface area contributed by atoms with Gasteiger partial charge < -0.3 is 16.2 Å². The lowest BCUT2D eigenvalue weighted by Crippen LogP contribution is -2.13. The predicted molar refractivity (Wildman–Crippen MR) is 77.7 cm³/mol. The second-order valence-corrected chi connectivity index (χ2v) is 4.82. The lowest BCUT2D eigenvalue weighted by molar-refractivity contribution is 0.0696. The number of nitrogens with one attached hydrogen (secondary N) is 1. The lowest BCUT2D eigenvalue weighted by atomic mass is 10.2. The second-order valence-electron chi connectivity index (χ2n) is 3.96. The third-order valence-corrected chi connectivity index (χ3v) is 3.17. The van der Waals surface area contributed by atoms with E-state index in [1.165, 1.54) is 24.5 Å². The van der Waals surface area contributed by atoms with E-state index in [2.05, 4.69) is 26.2 Å². The number of nitrogens with two attached hydrogens (primary N) is 1. The molecule has 1 amide bonds. The topological polar surface area (TPSA) is 105 Å². The largest absolute Gasteiger partial charge is 0.478 e. The Balaban J connectivity index is 2.25. The fourth-order valence-corrected chi connectivity index (χ4v) is 1.97. The second kappa shape index (κ2) is 5.70. The molecule has 0 aliphatic heterocycles. The van der Waals surface area contributed by atoms with Crippen molar-refractivity contribution in [2.75, 3.05) is 11.1 Å². The van der Waals surface area contributed by atoms with Crippen LogP contribution in [0.25, 0.3) is 0 Å². The molecule has 0 aliphatic rings. The first-order valence-electron chi connectivity index (χ1n) is 5.52. The number of rotatable bonds is 3. The van der Waals surface area contributed by atoms with Crippen molar-refractivity contribution in [2.45, 2.75) is 0 Å². The van der Waals surface area contributed by atoms with Gasteiger partial charge in [-0.3, -0.25) is 9.78 Å². The number of nitrogen functional groups attached to an aromatic ring is 1. The maximum Gasteiger partial charge on any atom is 0.337 e. The van der Waals surface area contributed by atoms with E-state index in [1.54, 1.807) is 12.1 Å². The van der Waals surface area contributed by atoms with Gasteiger partial charge in [-0.1, -0.05) is 0 Å². The summed E-state index contributed by atoms with van der Waals surface area (Å²) < 4.78 is 0.589. The van der Waals surface area contributed by atoms with E-state index in [1.807, 2.05) is 0 Å². The number of pyridine rings is 1. The highest BCUT2D eigenvalue weighted by Gasteiger charge is 2.12. The van der Waals surface area contributed by atoms with Crippen LogP contribution >= 0.6 is 15.9 Å². The van der Waals surface area contributed by atoms with E-state index in [-0.39, 0.29) is 5.56 Å². The van der Waals surface area contributed by atoms with Crippen LogP contribution in [0.2, 0.25) is 0 Å². The summed E-state index contributed by atoms with van der Waals surface area (Å²) >= 11 is 3.26. The van der Waals surface area contributed by atoms with Crippen molar-refractivity contribution in [3.05, 3.63) is 52.3 Å². The van der Waals surface area contributed by atoms with Crippen molar-refractivity contribution in [2.24, 2.45) is 0 Å². The van der Waals surface area contributed by atoms with Crippen molar-refractivity contribution < 1.29 is 14.7 Å². The van der Waals surface area contributed by atoms with E-state index in [4.69, 9.17) is 10.8 Å². The molecule has 0 aliphatic carbocycles. The molecule has 1 heterocycles. The van der Waals surface area contributed by atoms with Crippen LogP contribution in [0.15, 0.2) is 41.1 Å². The standard InChI is InChI=1S/C13H10BrN3O3/c14-11-2-1-8(15)4-10(11)12(18)17-9-3-7(13(19)20)5-16-6-9/h1-6H,15H2,(H,17,18)(H,19,20). The third kappa shape index (κ3) is 3.12. The van der Waals surface area contributed by atoms with E-state index >= 15 is 0 Å². The van der Waals surface area contributed by atoms with Gasteiger partial charge in [-0.15, -0.1) is 0 Å². The first-order valence-corrected chi connectivity index (χ1v) is 6.31. The van der Waals surface area contributed by atoms with Crippen molar-refractivity contribution in [3.63, 3.8) is 0 Å². The quantitative estimate of drug-likeness (QED) is 0.747. The van der Waals surface area contributed by atoms with Gasteiger partial charge >= 0.3 is 5.97 Å². The number of anilines is 2. The van der Waals surface area contributed by atoms with Crippen LogP contribution in [-0.2, 0) is 0 Å². The van der Waals surface area contributed by atoms with Gasteiger partial charge in [-0.2, -0.15) is 0 Å². The van der Waals surface area contributed by atoms with Gasteiger partial charge in [0.2, 0.25) is 0 Å². The minimum absolute atomic E-state index is 0.00515. The molecule has 0 radical (unpaired) electrons. The van der Waals surface area contributed by atoms with Crippen LogP contribution in [-0.4, -0.2) is 22.0 Å². The summed E-state index contributed by atoms with van der Waals surface area (Å²) in [6.07, 6.45) is 2.57. The highest BCUT2D eigenvalue weighted by molar-refractivity contribution is 9.10. The number of carbonyl (C=O) groups is 2. The molecule has 20 heavy (non-hydrogen) atoms. The molecular formula is C13H10BrN3O3. The SMILES string of the molecule is Nc1ccc(Br)c(C(=O)Nc2cncc(C(=O)O)c2)c1. The monoisotopic (exact) mass is 335 g/mol. The molecule has 2 rings (SSSR count). The Labute approximate surface area is 122 Å². The van der Waals surface area contributed by atoms with Crippen LogP contribution < -0.4 is 11.1 Å². The molecule has 102 valence electrons. The average molecular weight is 336 g/mol. The predicted octanol–water partition coefficient (Wildman–Crippen LogP) is 2.38. The van der Waals surface area contributed by atoms with Gasteiger partial charge in [0.05, 0.1) is 23.0 Å². The Kier molecular flexibility index (Phi) is 3.99. The first-order chi connectivity index (χ1) is 9.47. The normalized spacial score (nSPS) is 10.1. The van der Waals surface area contributed by atoms with Crippen molar-refractivity contribution in [1.29, 1.82) is 0 Å². The van der Waals surface area contributed by atoms with E-state index < -0.39 is 11.9 Å². The zero-order valence-electron chi connectivity index (χ0n) is 10.1. The van der Waals surface area contributed by atoms with Gasteiger partial charge in [0.15, 0.2) is 0 Å². The summed E-state index contributed by atoms with van der Waals surface area (Å²) in [5.74, 6) is -1.52. The van der Waals surface area contributed by atoms with Crippen LogP contribution in [0.3, 0.4) is 0 Å². The minimum atomic E-state index is -1.11. The number of amides is 1. The molecule has 6 nitrogen and oxygen atoms in total.